The number of carbonyl (C=O) groups is 1. The normalized spacial score (nSPS) is 18.7. The van der Waals surface area contributed by atoms with Crippen molar-refractivity contribution in [3.8, 4) is 5.69 Å². The highest BCUT2D eigenvalue weighted by atomic mass is 32.2. The van der Waals surface area contributed by atoms with Crippen LogP contribution in [0.3, 0.4) is 0 Å². The van der Waals surface area contributed by atoms with Gasteiger partial charge in [-0.3, -0.25) is 4.79 Å². The third-order valence-corrected chi connectivity index (χ3v) is 6.95. The lowest BCUT2D eigenvalue weighted by molar-refractivity contribution is -0.130. The van der Waals surface area contributed by atoms with Crippen molar-refractivity contribution in [2.24, 2.45) is 5.92 Å². The summed E-state index contributed by atoms with van der Waals surface area (Å²) in [6, 6.07) is 9.22. The lowest BCUT2D eigenvalue weighted by atomic mass is 10.1. The highest BCUT2D eigenvalue weighted by Gasteiger charge is 2.34. The molecule has 2 heterocycles. The van der Waals surface area contributed by atoms with Gasteiger partial charge in [-0.25, -0.2) is 8.42 Å². The molecule has 10 heteroatoms. The fraction of sp³-hybridized carbons (Fsp3) is 0.529. The Kier molecular flexibility index (Phi) is 6.15. The molecule has 0 aliphatic carbocycles. The number of nitrogens with zero attached hydrogens (tertiary/aromatic N) is 5. The number of sulfone groups is 1. The summed E-state index contributed by atoms with van der Waals surface area (Å²) in [7, 11) is -3.05. The first kappa shape index (κ1) is 19.8. The number of tetrazole rings is 1. The van der Waals surface area contributed by atoms with E-state index in [9.17, 15) is 13.2 Å². The van der Waals surface area contributed by atoms with Crippen molar-refractivity contribution in [3.05, 3.63) is 30.3 Å². The molecule has 146 valence electrons. The van der Waals surface area contributed by atoms with Gasteiger partial charge in [0.15, 0.2) is 9.84 Å². The molecule has 0 N–H and O–H groups in total. The van der Waals surface area contributed by atoms with Gasteiger partial charge in [0, 0.05) is 12.6 Å². The fourth-order valence-electron chi connectivity index (χ4n) is 3.08. The van der Waals surface area contributed by atoms with Crippen LogP contribution in [0, 0.1) is 5.92 Å². The van der Waals surface area contributed by atoms with Crippen LogP contribution in [-0.4, -0.2) is 69.3 Å². The molecule has 1 atom stereocenters. The quantitative estimate of drug-likeness (QED) is 0.638. The first-order chi connectivity index (χ1) is 12.9. The Labute approximate surface area is 163 Å². The fourth-order valence-corrected chi connectivity index (χ4v) is 5.59. The Hall–Kier alpha value is -1.94. The first-order valence-corrected chi connectivity index (χ1v) is 11.6. The molecule has 2 aromatic rings. The summed E-state index contributed by atoms with van der Waals surface area (Å²) in [6.45, 7) is 4.59. The number of amides is 1. The summed E-state index contributed by atoms with van der Waals surface area (Å²) in [6.07, 6.45) is 0.507. The van der Waals surface area contributed by atoms with Gasteiger partial charge in [-0.15, -0.1) is 5.10 Å². The molecule has 3 rings (SSSR count). The number of carbonyl (C=O) groups excluding carboxylic acids is 1. The van der Waals surface area contributed by atoms with Crippen molar-refractivity contribution < 1.29 is 13.2 Å². The van der Waals surface area contributed by atoms with E-state index >= 15 is 0 Å². The zero-order chi connectivity index (χ0) is 19.4. The second-order valence-corrected chi connectivity index (χ2v) is 10.2. The first-order valence-electron chi connectivity index (χ1n) is 8.82. The molecule has 27 heavy (non-hydrogen) atoms. The third kappa shape index (κ3) is 5.07. The molecule has 0 saturated carbocycles. The van der Waals surface area contributed by atoms with Gasteiger partial charge < -0.3 is 4.90 Å². The Morgan fingerprint density at radius 3 is 2.70 bits per heavy atom. The third-order valence-electron chi connectivity index (χ3n) is 4.30. The summed E-state index contributed by atoms with van der Waals surface area (Å²) in [5, 5.41) is 12.2. The molecule has 8 nitrogen and oxygen atoms in total. The summed E-state index contributed by atoms with van der Waals surface area (Å²) in [5.41, 5.74) is 0.818. The molecule has 1 aromatic carbocycles. The molecule has 0 spiro atoms. The minimum atomic E-state index is -3.05. The van der Waals surface area contributed by atoms with E-state index in [2.05, 4.69) is 15.5 Å². The second kappa shape index (κ2) is 8.39. The molecule has 0 radical (unpaired) electrons. The lowest BCUT2D eigenvalue weighted by Gasteiger charge is -2.29. The van der Waals surface area contributed by atoms with E-state index in [-0.39, 0.29) is 35.1 Å². The van der Waals surface area contributed by atoms with Crippen molar-refractivity contribution in [1.82, 2.24) is 25.1 Å². The molecular formula is C17H23N5O3S2. The van der Waals surface area contributed by atoms with Crippen LogP contribution >= 0.6 is 11.8 Å². The number of rotatable bonds is 7. The standard InChI is InChI=1S/C17H23N5O3S2/c1-13(2)10-21(15-8-9-27(24,25)12-15)16(23)11-26-17-18-19-20-22(17)14-6-4-3-5-7-14/h3-7,13,15H,8-12H2,1-2H3/t15-/m1/s1. The molecule has 1 aromatic heterocycles. The summed E-state index contributed by atoms with van der Waals surface area (Å²) < 4.78 is 25.2. The van der Waals surface area contributed by atoms with E-state index in [4.69, 9.17) is 0 Å². The Morgan fingerprint density at radius 1 is 1.33 bits per heavy atom. The molecule has 1 saturated heterocycles. The molecule has 1 amide bonds. The van der Waals surface area contributed by atoms with Gasteiger partial charge in [-0.2, -0.15) is 4.68 Å². The van der Waals surface area contributed by atoms with Gasteiger partial charge in [0.25, 0.3) is 0 Å². The molecule has 1 aliphatic heterocycles. The van der Waals surface area contributed by atoms with Gasteiger partial charge in [-0.1, -0.05) is 43.8 Å². The number of hydrogen-bond donors (Lipinski definition) is 0. The highest BCUT2D eigenvalue weighted by molar-refractivity contribution is 7.99. The van der Waals surface area contributed by atoms with Gasteiger partial charge in [-0.05, 0) is 34.9 Å². The van der Waals surface area contributed by atoms with Crippen LogP contribution in [0.1, 0.15) is 20.3 Å². The van der Waals surface area contributed by atoms with E-state index in [0.29, 0.717) is 18.1 Å². The van der Waals surface area contributed by atoms with E-state index in [1.54, 1.807) is 9.58 Å². The predicted molar refractivity (Wildman–Crippen MR) is 103 cm³/mol. The molecule has 1 fully saturated rings. The van der Waals surface area contributed by atoms with Crippen LogP contribution in [0.2, 0.25) is 0 Å². The van der Waals surface area contributed by atoms with Crippen LogP contribution in [0.25, 0.3) is 5.69 Å². The smallest absolute Gasteiger partial charge is 0.233 e. The molecular weight excluding hydrogens is 386 g/mol. The monoisotopic (exact) mass is 409 g/mol. The number of aromatic nitrogens is 4. The van der Waals surface area contributed by atoms with Gasteiger partial charge >= 0.3 is 0 Å². The number of benzene rings is 1. The number of para-hydroxylation sites is 1. The van der Waals surface area contributed by atoms with Crippen molar-refractivity contribution in [1.29, 1.82) is 0 Å². The van der Waals surface area contributed by atoms with Crippen molar-refractivity contribution in [2.75, 3.05) is 23.8 Å². The molecule has 0 unspecified atom stereocenters. The molecule has 1 aliphatic rings. The van der Waals surface area contributed by atoms with E-state index in [1.807, 2.05) is 44.2 Å². The van der Waals surface area contributed by atoms with E-state index < -0.39 is 9.84 Å². The van der Waals surface area contributed by atoms with Gasteiger partial charge in [0.1, 0.15) is 0 Å². The average Bonchev–Trinajstić information content (AvgIpc) is 3.24. The van der Waals surface area contributed by atoms with Crippen LogP contribution in [0.4, 0.5) is 0 Å². The number of hydrogen-bond acceptors (Lipinski definition) is 7. The average molecular weight is 410 g/mol. The predicted octanol–water partition coefficient (Wildman–Crippen LogP) is 1.43. The maximum atomic E-state index is 12.9. The Balaban J connectivity index is 1.69. The van der Waals surface area contributed by atoms with Gasteiger partial charge in [0.05, 0.1) is 22.9 Å². The summed E-state index contributed by atoms with van der Waals surface area (Å²) >= 11 is 1.26. The van der Waals surface area contributed by atoms with Gasteiger partial charge in [0.2, 0.25) is 11.1 Å². The lowest BCUT2D eigenvalue weighted by Crippen LogP contribution is -2.44. The maximum absolute atomic E-state index is 12.9. The van der Waals surface area contributed by atoms with Crippen LogP contribution in [0.15, 0.2) is 35.5 Å². The van der Waals surface area contributed by atoms with E-state index in [1.165, 1.54) is 11.8 Å². The van der Waals surface area contributed by atoms with Crippen LogP contribution in [-0.2, 0) is 14.6 Å². The topological polar surface area (TPSA) is 98.1 Å². The van der Waals surface area contributed by atoms with Crippen molar-refractivity contribution in [3.63, 3.8) is 0 Å². The number of thioether (sulfide) groups is 1. The zero-order valence-electron chi connectivity index (χ0n) is 15.4. The minimum absolute atomic E-state index is 0.0535. The van der Waals surface area contributed by atoms with Crippen molar-refractivity contribution in [2.45, 2.75) is 31.5 Å². The SMILES string of the molecule is CC(C)CN(C(=O)CSc1nnnn1-c1ccccc1)[C@@H]1CCS(=O)(=O)C1. The summed E-state index contributed by atoms with van der Waals surface area (Å²) in [4.78, 5) is 14.6. The van der Waals surface area contributed by atoms with E-state index in [0.717, 1.165) is 5.69 Å². The summed E-state index contributed by atoms with van der Waals surface area (Å²) in [5.74, 6) is 0.545. The van der Waals surface area contributed by atoms with Crippen LogP contribution in [0.5, 0.6) is 0 Å². The second-order valence-electron chi connectivity index (χ2n) is 6.99. The Bertz CT molecular complexity index is 883. The van der Waals surface area contributed by atoms with Crippen LogP contribution < -0.4 is 0 Å². The largest absolute Gasteiger partial charge is 0.338 e. The maximum Gasteiger partial charge on any atom is 0.233 e. The minimum Gasteiger partial charge on any atom is -0.338 e. The van der Waals surface area contributed by atoms with Crippen molar-refractivity contribution >= 4 is 27.5 Å². The highest BCUT2D eigenvalue weighted by Crippen LogP contribution is 2.23. The Morgan fingerprint density at radius 2 is 2.07 bits per heavy atom. The zero-order valence-corrected chi connectivity index (χ0v) is 17.0. The molecule has 0 bridgehead atoms.